The van der Waals surface area contributed by atoms with E-state index in [0.29, 0.717) is 18.5 Å². The highest BCUT2D eigenvalue weighted by Gasteiger charge is 2.32. The van der Waals surface area contributed by atoms with Gasteiger partial charge in [-0.05, 0) is 49.4 Å². The van der Waals surface area contributed by atoms with E-state index in [0.717, 1.165) is 25.1 Å². The lowest BCUT2D eigenvalue weighted by Crippen LogP contribution is -2.50. The number of hydrogen-bond donors (Lipinski definition) is 1. The van der Waals surface area contributed by atoms with E-state index in [-0.39, 0.29) is 12.0 Å². The number of carbonyl (C=O) groups excluding carboxylic acids is 1. The molecule has 0 spiro atoms. The monoisotopic (exact) mass is 316 g/mol. The van der Waals surface area contributed by atoms with E-state index in [2.05, 4.69) is 36.2 Å². The van der Waals surface area contributed by atoms with E-state index in [1.807, 2.05) is 12.1 Å². The zero-order valence-corrected chi connectivity index (χ0v) is 14.3. The molecule has 2 aliphatic heterocycles. The molecule has 2 atom stereocenters. The van der Waals surface area contributed by atoms with Crippen LogP contribution in [0.5, 0.6) is 0 Å². The summed E-state index contributed by atoms with van der Waals surface area (Å²) in [7, 11) is 0. The van der Waals surface area contributed by atoms with Crippen LogP contribution in [0, 0.1) is 5.92 Å². The van der Waals surface area contributed by atoms with Gasteiger partial charge in [-0.2, -0.15) is 0 Å². The largest absolute Gasteiger partial charge is 0.373 e. The molecule has 2 saturated heterocycles. The topological polar surface area (TPSA) is 41.6 Å². The van der Waals surface area contributed by atoms with Crippen LogP contribution in [0.4, 0.5) is 0 Å². The van der Waals surface area contributed by atoms with Crippen molar-refractivity contribution in [2.45, 2.75) is 45.3 Å². The minimum Gasteiger partial charge on any atom is -0.373 e. The van der Waals surface area contributed by atoms with Crippen LogP contribution in [-0.4, -0.2) is 49.2 Å². The third kappa shape index (κ3) is 4.33. The summed E-state index contributed by atoms with van der Waals surface area (Å²) in [4.78, 5) is 14.8. The highest BCUT2D eigenvalue weighted by atomic mass is 16.5. The van der Waals surface area contributed by atoms with Crippen molar-refractivity contribution in [3.05, 3.63) is 35.4 Å². The van der Waals surface area contributed by atoms with Crippen LogP contribution >= 0.6 is 0 Å². The van der Waals surface area contributed by atoms with Crippen LogP contribution in [0.1, 0.15) is 42.6 Å². The maximum Gasteiger partial charge on any atom is 0.251 e. The molecule has 2 aliphatic rings. The van der Waals surface area contributed by atoms with E-state index < -0.39 is 0 Å². The molecule has 0 unspecified atom stereocenters. The Morgan fingerprint density at radius 1 is 1.35 bits per heavy atom. The van der Waals surface area contributed by atoms with Gasteiger partial charge in [0, 0.05) is 24.7 Å². The lowest BCUT2D eigenvalue weighted by Gasteiger charge is -2.35. The Bertz CT molecular complexity index is 527. The molecule has 0 aromatic heterocycles. The Morgan fingerprint density at radius 2 is 2.13 bits per heavy atom. The number of rotatable bonds is 5. The average molecular weight is 316 g/mol. The van der Waals surface area contributed by atoms with Gasteiger partial charge < -0.3 is 10.1 Å². The van der Waals surface area contributed by atoms with Crippen LogP contribution in [0.2, 0.25) is 0 Å². The fourth-order valence-electron chi connectivity index (χ4n) is 3.58. The summed E-state index contributed by atoms with van der Waals surface area (Å²) in [6.45, 7) is 7.93. The van der Waals surface area contributed by atoms with Crippen molar-refractivity contribution < 1.29 is 9.53 Å². The summed E-state index contributed by atoms with van der Waals surface area (Å²) in [6.07, 6.45) is 3.69. The molecule has 2 heterocycles. The molecule has 0 aliphatic carbocycles. The molecule has 1 aromatic carbocycles. The third-order valence-electron chi connectivity index (χ3n) is 4.81. The maximum atomic E-state index is 12.3. The molecule has 1 aromatic rings. The SMILES string of the molecule is CC(C)Cc1ccc(C(=O)NC[C@@H]2CN3CCC[C@@H]3CO2)cc1. The number of nitrogens with one attached hydrogen (secondary N) is 1. The Balaban J connectivity index is 1.47. The Hall–Kier alpha value is -1.39. The molecule has 2 fully saturated rings. The lowest BCUT2D eigenvalue weighted by atomic mass is 10.0. The fourth-order valence-corrected chi connectivity index (χ4v) is 3.58. The molecule has 126 valence electrons. The van der Waals surface area contributed by atoms with Crippen molar-refractivity contribution in [2.75, 3.05) is 26.2 Å². The first-order valence-electron chi connectivity index (χ1n) is 8.84. The number of morpholine rings is 1. The first-order chi connectivity index (χ1) is 11.1. The van der Waals surface area contributed by atoms with Gasteiger partial charge in [0.15, 0.2) is 0 Å². The number of nitrogens with zero attached hydrogens (tertiary/aromatic N) is 1. The second-order valence-electron chi connectivity index (χ2n) is 7.25. The highest BCUT2D eigenvalue weighted by molar-refractivity contribution is 5.94. The first kappa shape index (κ1) is 16.5. The minimum absolute atomic E-state index is 0.00626. The summed E-state index contributed by atoms with van der Waals surface area (Å²) in [6, 6.07) is 8.56. The van der Waals surface area contributed by atoms with Gasteiger partial charge in [0.1, 0.15) is 0 Å². The molecule has 0 saturated carbocycles. The minimum atomic E-state index is -0.00626. The molecule has 1 amide bonds. The van der Waals surface area contributed by atoms with Crippen molar-refractivity contribution in [1.29, 1.82) is 0 Å². The predicted octanol–water partition coefficient (Wildman–Crippen LogP) is 2.48. The van der Waals surface area contributed by atoms with Crippen molar-refractivity contribution in [2.24, 2.45) is 5.92 Å². The molecule has 3 rings (SSSR count). The van der Waals surface area contributed by atoms with E-state index in [1.54, 1.807) is 0 Å². The van der Waals surface area contributed by atoms with Gasteiger partial charge in [-0.3, -0.25) is 9.69 Å². The summed E-state index contributed by atoms with van der Waals surface area (Å²) in [5.74, 6) is 0.626. The standard InChI is InChI=1S/C19H28N2O2/c1-14(2)10-15-5-7-16(8-6-15)19(22)20-11-18-12-21-9-3-4-17(21)13-23-18/h5-8,14,17-18H,3-4,9-13H2,1-2H3,(H,20,22)/t17-,18-/m1/s1. The van der Waals surface area contributed by atoms with E-state index in [1.165, 1.54) is 24.9 Å². The van der Waals surface area contributed by atoms with Gasteiger partial charge in [0.25, 0.3) is 5.91 Å². The molecule has 4 heteroatoms. The maximum absolute atomic E-state index is 12.3. The molecule has 23 heavy (non-hydrogen) atoms. The van der Waals surface area contributed by atoms with Gasteiger partial charge in [-0.15, -0.1) is 0 Å². The van der Waals surface area contributed by atoms with Crippen LogP contribution in [-0.2, 0) is 11.2 Å². The second-order valence-corrected chi connectivity index (χ2v) is 7.25. The molecule has 4 nitrogen and oxygen atoms in total. The van der Waals surface area contributed by atoms with Crippen LogP contribution in [0.25, 0.3) is 0 Å². The molecule has 0 radical (unpaired) electrons. The van der Waals surface area contributed by atoms with Gasteiger partial charge in [0.2, 0.25) is 0 Å². The number of ether oxygens (including phenoxy) is 1. The Labute approximate surface area is 139 Å². The average Bonchev–Trinajstić information content (AvgIpc) is 3.00. The first-order valence-corrected chi connectivity index (χ1v) is 8.84. The quantitative estimate of drug-likeness (QED) is 0.907. The Kier molecular flexibility index (Phi) is 5.34. The summed E-state index contributed by atoms with van der Waals surface area (Å²) in [5, 5.41) is 3.02. The number of hydrogen-bond acceptors (Lipinski definition) is 3. The molecule has 1 N–H and O–H groups in total. The van der Waals surface area contributed by atoms with E-state index >= 15 is 0 Å². The lowest BCUT2D eigenvalue weighted by molar-refractivity contribution is -0.0461. The molecular weight excluding hydrogens is 288 g/mol. The van der Waals surface area contributed by atoms with Gasteiger partial charge in [0.05, 0.1) is 12.7 Å². The number of amides is 1. The third-order valence-corrected chi connectivity index (χ3v) is 4.81. The van der Waals surface area contributed by atoms with Gasteiger partial charge >= 0.3 is 0 Å². The van der Waals surface area contributed by atoms with E-state index in [4.69, 9.17) is 4.74 Å². The van der Waals surface area contributed by atoms with Crippen LogP contribution in [0.3, 0.4) is 0 Å². The normalized spacial score (nSPS) is 24.7. The number of benzene rings is 1. The van der Waals surface area contributed by atoms with Crippen LogP contribution in [0.15, 0.2) is 24.3 Å². The van der Waals surface area contributed by atoms with Crippen molar-refractivity contribution in [3.8, 4) is 0 Å². The smallest absolute Gasteiger partial charge is 0.251 e. The Morgan fingerprint density at radius 3 is 2.87 bits per heavy atom. The zero-order chi connectivity index (χ0) is 16.2. The van der Waals surface area contributed by atoms with E-state index in [9.17, 15) is 4.79 Å². The molecular formula is C19H28N2O2. The number of fused-ring (bicyclic) bond motifs is 1. The highest BCUT2D eigenvalue weighted by Crippen LogP contribution is 2.22. The second kappa shape index (κ2) is 7.45. The number of carbonyl (C=O) groups is 1. The zero-order valence-electron chi connectivity index (χ0n) is 14.3. The summed E-state index contributed by atoms with van der Waals surface area (Å²) < 4.78 is 5.88. The fraction of sp³-hybridized carbons (Fsp3) is 0.632. The van der Waals surface area contributed by atoms with Crippen molar-refractivity contribution in [3.63, 3.8) is 0 Å². The van der Waals surface area contributed by atoms with Gasteiger partial charge in [-0.25, -0.2) is 0 Å². The predicted molar refractivity (Wildman–Crippen MR) is 91.7 cm³/mol. The van der Waals surface area contributed by atoms with Gasteiger partial charge in [-0.1, -0.05) is 26.0 Å². The van der Waals surface area contributed by atoms with Crippen LogP contribution < -0.4 is 5.32 Å². The summed E-state index contributed by atoms with van der Waals surface area (Å²) in [5.41, 5.74) is 2.01. The van der Waals surface area contributed by atoms with Crippen molar-refractivity contribution in [1.82, 2.24) is 10.2 Å². The van der Waals surface area contributed by atoms with Crippen molar-refractivity contribution >= 4 is 5.91 Å². The molecule has 0 bridgehead atoms. The summed E-state index contributed by atoms with van der Waals surface area (Å²) >= 11 is 0.